The number of primary amides is 1. The molecule has 1 atom stereocenters. The molecule has 1 saturated heterocycles. The monoisotopic (exact) mass is 504 g/mol. The van der Waals surface area contributed by atoms with Crippen molar-refractivity contribution in [3.8, 4) is 16.9 Å². The number of nitrogens with two attached hydrogens (primary N) is 1. The molecule has 1 unspecified atom stereocenters. The van der Waals surface area contributed by atoms with Crippen molar-refractivity contribution in [2.75, 3.05) is 13.2 Å². The number of pyridine rings is 1. The smallest absolute Gasteiger partial charge is 0.490 e. The summed E-state index contributed by atoms with van der Waals surface area (Å²) in [5.74, 6) is -2.50. The Labute approximate surface area is 202 Å². The number of aromatic nitrogens is 4. The van der Waals surface area contributed by atoms with Crippen molar-refractivity contribution in [3.63, 3.8) is 0 Å². The van der Waals surface area contributed by atoms with E-state index in [1.54, 1.807) is 12.3 Å². The van der Waals surface area contributed by atoms with E-state index in [-0.39, 0.29) is 5.69 Å². The minimum absolute atomic E-state index is 0.202. The Morgan fingerprint density at radius 1 is 1.25 bits per heavy atom. The molecule has 1 aliphatic rings. The first kappa shape index (κ1) is 25.0. The maximum absolute atomic E-state index is 11.8. The number of ether oxygens (including phenoxy) is 1. The summed E-state index contributed by atoms with van der Waals surface area (Å²) in [6.45, 7) is 1.71. The number of carboxylic acid groups (broad SMARTS) is 1. The molecule has 4 aromatic rings. The highest BCUT2D eigenvalue weighted by Crippen LogP contribution is 2.36. The molecule has 13 heteroatoms. The lowest BCUT2D eigenvalue weighted by molar-refractivity contribution is -0.192. The molecule has 1 fully saturated rings. The van der Waals surface area contributed by atoms with Crippen LogP contribution in [0.25, 0.3) is 33.1 Å². The number of aromatic amines is 1. The molecule has 1 aliphatic heterocycles. The summed E-state index contributed by atoms with van der Waals surface area (Å²) in [6.07, 6.45) is 1.01. The summed E-state index contributed by atoms with van der Waals surface area (Å²) in [5, 5.41) is 19.4. The van der Waals surface area contributed by atoms with Crippen LogP contribution in [0.2, 0.25) is 0 Å². The zero-order chi connectivity index (χ0) is 26.0. The van der Waals surface area contributed by atoms with E-state index in [0.717, 1.165) is 46.1 Å². The average molecular weight is 504 g/mol. The second-order valence-corrected chi connectivity index (χ2v) is 8.29. The van der Waals surface area contributed by atoms with Crippen molar-refractivity contribution < 1.29 is 32.6 Å². The number of hydrogen-bond donors (Lipinski definition) is 4. The number of aryl methyl sites for hydroxylation is 1. The third kappa shape index (κ3) is 5.25. The van der Waals surface area contributed by atoms with Gasteiger partial charge in [-0.2, -0.15) is 18.3 Å². The fourth-order valence-electron chi connectivity index (χ4n) is 4.05. The molecule has 0 bridgehead atoms. The standard InChI is InChI=1S/C21H22N6O2.C2HF3O2/c1-27-10-17(14-8-18(20(22)28)25-21-16(14)9-24-26-21)15-7-13(4-5-19(15)27)29-11-12-3-2-6-23-12;3-2(4,5)1(6)7/h4-5,7-10,12,23H,2-3,6,11H2,1H3,(H2,22,28)(H,24,25,26);(H,6,7). The Morgan fingerprint density at radius 3 is 2.64 bits per heavy atom. The van der Waals surface area contributed by atoms with E-state index in [4.69, 9.17) is 20.4 Å². The van der Waals surface area contributed by atoms with Crippen molar-refractivity contribution >= 4 is 33.8 Å². The van der Waals surface area contributed by atoms with Gasteiger partial charge in [0.15, 0.2) is 5.65 Å². The van der Waals surface area contributed by atoms with E-state index in [0.29, 0.717) is 18.3 Å². The number of amides is 1. The fourth-order valence-corrected chi connectivity index (χ4v) is 4.05. The van der Waals surface area contributed by atoms with E-state index in [9.17, 15) is 18.0 Å². The van der Waals surface area contributed by atoms with Gasteiger partial charge in [-0.25, -0.2) is 9.78 Å². The first-order valence-corrected chi connectivity index (χ1v) is 10.9. The number of carbonyl (C=O) groups excluding carboxylic acids is 1. The number of fused-ring (bicyclic) bond motifs is 2. The van der Waals surface area contributed by atoms with Crippen LogP contribution in [0, 0.1) is 0 Å². The van der Waals surface area contributed by atoms with Crippen LogP contribution < -0.4 is 15.8 Å². The normalized spacial score (nSPS) is 15.6. The number of carbonyl (C=O) groups is 2. The summed E-state index contributed by atoms with van der Waals surface area (Å²) in [5.41, 5.74) is 9.14. The van der Waals surface area contributed by atoms with Gasteiger partial charge in [0, 0.05) is 41.1 Å². The Hall–Kier alpha value is -4.13. The molecule has 5 N–H and O–H groups in total. The molecule has 5 rings (SSSR count). The number of halogens is 3. The fraction of sp³-hybridized carbons (Fsp3) is 0.304. The van der Waals surface area contributed by atoms with Gasteiger partial charge in [-0.05, 0) is 49.2 Å². The van der Waals surface area contributed by atoms with Gasteiger partial charge < -0.3 is 25.5 Å². The number of H-pyrrole nitrogens is 1. The predicted octanol–water partition coefficient (Wildman–Crippen LogP) is 2.98. The van der Waals surface area contributed by atoms with Gasteiger partial charge in [0.2, 0.25) is 0 Å². The highest BCUT2D eigenvalue weighted by Gasteiger charge is 2.38. The van der Waals surface area contributed by atoms with Crippen molar-refractivity contribution in [1.29, 1.82) is 0 Å². The zero-order valence-corrected chi connectivity index (χ0v) is 19.1. The lowest BCUT2D eigenvalue weighted by Crippen LogP contribution is -2.28. The van der Waals surface area contributed by atoms with E-state index >= 15 is 0 Å². The largest absolute Gasteiger partial charge is 0.492 e. The number of rotatable bonds is 5. The Kier molecular flexibility index (Phi) is 6.84. The van der Waals surface area contributed by atoms with Gasteiger partial charge in [0.25, 0.3) is 5.91 Å². The van der Waals surface area contributed by atoms with E-state index in [2.05, 4.69) is 37.2 Å². The predicted molar refractivity (Wildman–Crippen MR) is 125 cm³/mol. The van der Waals surface area contributed by atoms with Crippen molar-refractivity contribution in [2.45, 2.75) is 25.1 Å². The Morgan fingerprint density at radius 2 is 2.00 bits per heavy atom. The molecule has 0 radical (unpaired) electrons. The maximum Gasteiger partial charge on any atom is 0.490 e. The number of alkyl halides is 3. The topological polar surface area (TPSA) is 148 Å². The van der Waals surface area contributed by atoms with Crippen LogP contribution in [0.15, 0.2) is 36.7 Å². The van der Waals surface area contributed by atoms with Crippen LogP contribution in [0.3, 0.4) is 0 Å². The molecular weight excluding hydrogens is 481 g/mol. The molecule has 0 spiro atoms. The minimum atomic E-state index is -5.08. The van der Waals surface area contributed by atoms with Gasteiger partial charge in [0.05, 0.1) is 6.20 Å². The zero-order valence-electron chi connectivity index (χ0n) is 19.1. The van der Waals surface area contributed by atoms with Crippen LogP contribution in [0.5, 0.6) is 5.75 Å². The number of benzene rings is 1. The van der Waals surface area contributed by atoms with Crippen LogP contribution in [-0.2, 0) is 11.8 Å². The van der Waals surface area contributed by atoms with Gasteiger partial charge in [-0.15, -0.1) is 0 Å². The SMILES string of the molecule is Cn1cc(-c2cc(C(N)=O)nc3[nH]ncc23)c2cc(OCC3CCCN3)ccc21.O=C(O)C(F)(F)F. The van der Waals surface area contributed by atoms with E-state index in [1.165, 1.54) is 6.42 Å². The molecule has 10 nitrogen and oxygen atoms in total. The van der Waals surface area contributed by atoms with Gasteiger partial charge in [0.1, 0.15) is 18.1 Å². The third-order valence-corrected chi connectivity index (χ3v) is 5.78. The molecule has 36 heavy (non-hydrogen) atoms. The lowest BCUT2D eigenvalue weighted by atomic mass is 10.0. The number of nitrogens with one attached hydrogen (secondary N) is 2. The van der Waals surface area contributed by atoms with Gasteiger partial charge >= 0.3 is 12.1 Å². The Balaban J connectivity index is 0.000000384. The van der Waals surface area contributed by atoms with Crippen LogP contribution in [-0.4, -0.2) is 62.1 Å². The molecule has 0 aliphatic carbocycles. The molecular formula is C23H23F3N6O4. The van der Waals surface area contributed by atoms with Gasteiger partial charge in [-0.1, -0.05) is 0 Å². The van der Waals surface area contributed by atoms with Crippen molar-refractivity contribution in [3.05, 3.63) is 42.4 Å². The summed E-state index contributed by atoms with van der Waals surface area (Å²) in [4.78, 5) is 24.9. The molecule has 1 aromatic carbocycles. The highest BCUT2D eigenvalue weighted by atomic mass is 19.4. The summed E-state index contributed by atoms with van der Waals surface area (Å²) in [6, 6.07) is 8.24. The van der Waals surface area contributed by atoms with Crippen molar-refractivity contribution in [2.24, 2.45) is 12.8 Å². The average Bonchev–Trinajstić information content (AvgIpc) is 3.57. The minimum Gasteiger partial charge on any atom is -0.492 e. The number of nitrogens with zero attached hydrogens (tertiary/aromatic N) is 3. The molecule has 190 valence electrons. The lowest BCUT2D eigenvalue weighted by Gasteiger charge is -2.12. The first-order chi connectivity index (χ1) is 17.0. The Bertz CT molecular complexity index is 1420. The second kappa shape index (κ2) is 9.85. The number of carboxylic acids is 1. The molecule has 0 saturated carbocycles. The quantitative estimate of drug-likeness (QED) is 0.327. The molecule has 1 amide bonds. The maximum atomic E-state index is 11.8. The number of hydrogen-bond acceptors (Lipinski definition) is 6. The third-order valence-electron chi connectivity index (χ3n) is 5.78. The number of aliphatic carboxylic acids is 1. The summed E-state index contributed by atoms with van der Waals surface area (Å²) >= 11 is 0. The van der Waals surface area contributed by atoms with Crippen LogP contribution in [0.4, 0.5) is 13.2 Å². The van der Waals surface area contributed by atoms with Crippen LogP contribution in [0.1, 0.15) is 23.3 Å². The van der Waals surface area contributed by atoms with Crippen molar-refractivity contribution in [1.82, 2.24) is 25.1 Å². The van der Waals surface area contributed by atoms with E-state index < -0.39 is 18.1 Å². The first-order valence-electron chi connectivity index (χ1n) is 10.9. The van der Waals surface area contributed by atoms with E-state index in [1.807, 2.05) is 19.3 Å². The highest BCUT2D eigenvalue weighted by molar-refractivity contribution is 6.06. The molecule has 3 aromatic heterocycles. The van der Waals surface area contributed by atoms with Crippen LogP contribution >= 0.6 is 0 Å². The summed E-state index contributed by atoms with van der Waals surface area (Å²) in [7, 11) is 2.00. The second-order valence-electron chi connectivity index (χ2n) is 8.29. The summed E-state index contributed by atoms with van der Waals surface area (Å²) < 4.78 is 39.9. The molecule has 4 heterocycles. The van der Waals surface area contributed by atoms with Gasteiger partial charge in [-0.3, -0.25) is 9.89 Å².